The summed E-state index contributed by atoms with van der Waals surface area (Å²) in [5.41, 5.74) is 0.320. The van der Waals surface area contributed by atoms with Crippen LogP contribution < -0.4 is 5.32 Å². The molecule has 23 heavy (non-hydrogen) atoms. The van der Waals surface area contributed by atoms with Crippen molar-refractivity contribution in [2.45, 2.75) is 85.7 Å². The predicted octanol–water partition coefficient (Wildman–Crippen LogP) is 4.91. The minimum absolute atomic E-state index is 0.0718. The van der Waals surface area contributed by atoms with Gasteiger partial charge in [0.15, 0.2) is 0 Å². The molecule has 0 spiro atoms. The molecule has 1 fully saturated rings. The first kappa shape index (κ1) is 20.3. The highest BCUT2D eigenvalue weighted by molar-refractivity contribution is 5.67. The molecule has 0 aromatic rings. The monoisotopic (exact) mass is 327 g/mol. The number of amides is 1. The van der Waals surface area contributed by atoms with Gasteiger partial charge in [0, 0.05) is 13.2 Å². The summed E-state index contributed by atoms with van der Waals surface area (Å²) < 4.78 is 11.3. The Kier molecular flexibility index (Phi) is 8.38. The quantitative estimate of drug-likeness (QED) is 0.612. The van der Waals surface area contributed by atoms with Gasteiger partial charge in [-0.25, -0.2) is 4.79 Å². The van der Waals surface area contributed by atoms with Crippen molar-refractivity contribution >= 4 is 6.09 Å². The second-order valence-electron chi connectivity index (χ2n) is 8.25. The highest BCUT2D eigenvalue weighted by Gasteiger charge is 2.41. The molecule has 4 nitrogen and oxygen atoms in total. The molecule has 1 N–H and O–H groups in total. The molecule has 136 valence electrons. The summed E-state index contributed by atoms with van der Waals surface area (Å²) >= 11 is 0. The van der Waals surface area contributed by atoms with Crippen molar-refractivity contribution < 1.29 is 14.3 Å². The lowest BCUT2D eigenvalue weighted by molar-refractivity contribution is -0.0543. The Morgan fingerprint density at radius 1 is 1.09 bits per heavy atom. The third-order valence-electron chi connectivity index (χ3n) is 4.65. The van der Waals surface area contributed by atoms with Gasteiger partial charge in [-0.15, -0.1) is 0 Å². The third kappa shape index (κ3) is 8.05. The largest absolute Gasteiger partial charge is 0.450 e. The molecule has 1 aliphatic rings. The van der Waals surface area contributed by atoms with E-state index in [1.807, 2.05) is 0 Å². The van der Waals surface area contributed by atoms with Crippen LogP contribution in [0.15, 0.2) is 0 Å². The van der Waals surface area contributed by atoms with Crippen LogP contribution in [0.1, 0.15) is 79.6 Å². The second-order valence-corrected chi connectivity index (χ2v) is 8.25. The number of unbranched alkanes of at least 4 members (excludes halogenated alkanes) is 2. The zero-order valence-corrected chi connectivity index (χ0v) is 15.9. The summed E-state index contributed by atoms with van der Waals surface area (Å²) in [6.45, 7) is 13.2. The van der Waals surface area contributed by atoms with Crippen LogP contribution in [0.25, 0.3) is 0 Å². The number of ether oxygens (including phenoxy) is 2. The first-order valence-electron chi connectivity index (χ1n) is 9.32. The van der Waals surface area contributed by atoms with Crippen LogP contribution in [-0.4, -0.2) is 32.0 Å². The van der Waals surface area contributed by atoms with Crippen molar-refractivity contribution in [3.63, 3.8) is 0 Å². The van der Waals surface area contributed by atoms with E-state index in [1.54, 1.807) is 0 Å². The number of alkyl carbamates (subject to hydrolysis) is 1. The zero-order valence-electron chi connectivity index (χ0n) is 15.9. The van der Waals surface area contributed by atoms with Gasteiger partial charge in [-0.1, -0.05) is 47.5 Å². The minimum Gasteiger partial charge on any atom is -0.450 e. The van der Waals surface area contributed by atoms with E-state index in [0.717, 1.165) is 45.1 Å². The van der Waals surface area contributed by atoms with E-state index in [9.17, 15) is 4.79 Å². The molecule has 1 saturated carbocycles. The summed E-state index contributed by atoms with van der Waals surface area (Å²) in [5, 5.41) is 2.96. The molecule has 1 rings (SSSR count). The second kappa shape index (κ2) is 9.51. The number of hydrogen-bond acceptors (Lipinski definition) is 3. The van der Waals surface area contributed by atoms with E-state index in [1.165, 1.54) is 6.42 Å². The summed E-state index contributed by atoms with van der Waals surface area (Å²) in [6, 6.07) is 0. The van der Waals surface area contributed by atoms with Gasteiger partial charge in [-0.05, 0) is 42.9 Å². The molecule has 0 bridgehead atoms. The fourth-order valence-corrected chi connectivity index (χ4v) is 3.83. The molecule has 1 amide bonds. The molecule has 0 saturated heterocycles. The van der Waals surface area contributed by atoms with E-state index in [2.05, 4.69) is 39.9 Å². The topological polar surface area (TPSA) is 47.6 Å². The minimum atomic E-state index is -0.286. The maximum atomic E-state index is 11.8. The molecule has 0 heterocycles. The maximum Gasteiger partial charge on any atom is 0.407 e. The number of rotatable bonds is 9. The highest BCUT2D eigenvalue weighted by atomic mass is 16.5. The van der Waals surface area contributed by atoms with Crippen molar-refractivity contribution in [2.75, 3.05) is 19.8 Å². The van der Waals surface area contributed by atoms with Crippen LogP contribution in [0.2, 0.25) is 0 Å². The van der Waals surface area contributed by atoms with Crippen LogP contribution >= 0.6 is 0 Å². The number of carbonyl (C=O) groups excluding carboxylic acids is 1. The van der Waals surface area contributed by atoms with Gasteiger partial charge in [0.25, 0.3) is 0 Å². The fourth-order valence-electron chi connectivity index (χ4n) is 3.83. The van der Waals surface area contributed by atoms with Gasteiger partial charge in [-0.2, -0.15) is 0 Å². The molecule has 1 aliphatic carbocycles. The van der Waals surface area contributed by atoms with Crippen LogP contribution in [0, 0.1) is 10.8 Å². The molecule has 2 unspecified atom stereocenters. The van der Waals surface area contributed by atoms with Crippen molar-refractivity contribution in [1.82, 2.24) is 5.32 Å². The highest BCUT2D eigenvalue weighted by Crippen LogP contribution is 2.46. The lowest BCUT2D eigenvalue weighted by atomic mass is 9.63. The summed E-state index contributed by atoms with van der Waals surface area (Å²) in [7, 11) is 0. The third-order valence-corrected chi connectivity index (χ3v) is 4.65. The molecule has 4 heteroatoms. The van der Waals surface area contributed by atoms with Crippen LogP contribution in [0.5, 0.6) is 0 Å². The smallest absolute Gasteiger partial charge is 0.407 e. The number of carbonyl (C=O) groups is 1. The SMILES string of the molecule is CCCCOC(=O)NCC1(C)CC(OCCCC)CC(C)(C)C1. The van der Waals surface area contributed by atoms with Gasteiger partial charge in [0.05, 0.1) is 12.7 Å². The van der Waals surface area contributed by atoms with Gasteiger partial charge in [0.2, 0.25) is 0 Å². The standard InChI is InChI=1S/C19H37NO3/c1-6-8-10-22-16-12-18(3,4)14-19(5,13-16)15-20-17(21)23-11-9-7-2/h16H,6-15H2,1-5H3,(H,20,21). The van der Waals surface area contributed by atoms with Gasteiger partial charge in [-0.3, -0.25) is 0 Å². The van der Waals surface area contributed by atoms with Gasteiger partial charge < -0.3 is 14.8 Å². The average Bonchev–Trinajstić information content (AvgIpc) is 2.44. The number of nitrogens with one attached hydrogen (secondary N) is 1. The van der Waals surface area contributed by atoms with E-state index in [0.29, 0.717) is 19.3 Å². The Bertz CT molecular complexity index is 357. The molecule has 0 aromatic carbocycles. The van der Waals surface area contributed by atoms with Crippen molar-refractivity contribution in [3.8, 4) is 0 Å². The normalized spacial score (nSPS) is 26.7. The lowest BCUT2D eigenvalue weighted by Crippen LogP contribution is -2.46. The first-order chi connectivity index (χ1) is 10.8. The maximum absolute atomic E-state index is 11.8. The summed E-state index contributed by atoms with van der Waals surface area (Å²) in [6.07, 6.45) is 7.47. The van der Waals surface area contributed by atoms with E-state index in [-0.39, 0.29) is 16.9 Å². The Morgan fingerprint density at radius 2 is 1.74 bits per heavy atom. The predicted molar refractivity (Wildman–Crippen MR) is 94.6 cm³/mol. The van der Waals surface area contributed by atoms with Crippen molar-refractivity contribution in [2.24, 2.45) is 10.8 Å². The Morgan fingerprint density at radius 3 is 2.39 bits per heavy atom. The molecule has 0 aliphatic heterocycles. The Balaban J connectivity index is 2.48. The van der Waals surface area contributed by atoms with Gasteiger partial charge >= 0.3 is 6.09 Å². The fraction of sp³-hybridized carbons (Fsp3) is 0.947. The lowest BCUT2D eigenvalue weighted by Gasteiger charge is -2.46. The van der Waals surface area contributed by atoms with Crippen molar-refractivity contribution in [3.05, 3.63) is 0 Å². The van der Waals surface area contributed by atoms with E-state index < -0.39 is 0 Å². The molecule has 0 aromatic heterocycles. The summed E-state index contributed by atoms with van der Waals surface area (Å²) in [5.74, 6) is 0. The number of hydrogen-bond donors (Lipinski definition) is 1. The zero-order chi connectivity index (χ0) is 17.3. The van der Waals surface area contributed by atoms with Crippen molar-refractivity contribution in [1.29, 1.82) is 0 Å². The molecule has 0 radical (unpaired) electrons. The van der Waals surface area contributed by atoms with E-state index >= 15 is 0 Å². The van der Waals surface area contributed by atoms with E-state index in [4.69, 9.17) is 9.47 Å². The summed E-state index contributed by atoms with van der Waals surface area (Å²) in [4.78, 5) is 11.8. The van der Waals surface area contributed by atoms with Crippen LogP contribution in [0.3, 0.4) is 0 Å². The molecular formula is C19H37NO3. The molecular weight excluding hydrogens is 290 g/mol. The average molecular weight is 328 g/mol. The molecule has 2 atom stereocenters. The first-order valence-corrected chi connectivity index (χ1v) is 9.32. The van der Waals surface area contributed by atoms with Crippen LogP contribution in [-0.2, 0) is 9.47 Å². The Hall–Kier alpha value is -0.770. The van der Waals surface area contributed by atoms with Gasteiger partial charge in [0.1, 0.15) is 0 Å². The Labute approximate surface area is 142 Å². The van der Waals surface area contributed by atoms with Crippen LogP contribution in [0.4, 0.5) is 4.79 Å².